The second kappa shape index (κ2) is 13.4. The van der Waals surface area contributed by atoms with Gasteiger partial charge in [-0.25, -0.2) is 8.42 Å². The molecule has 3 aliphatic rings. The van der Waals surface area contributed by atoms with E-state index in [1.165, 1.54) is 6.07 Å². The Balaban J connectivity index is 1.28. The number of para-hydroxylation sites is 2. The minimum Gasteiger partial charge on any atom is -0.368 e. The van der Waals surface area contributed by atoms with Crippen LogP contribution in [-0.4, -0.2) is 75.1 Å². The highest BCUT2D eigenvalue weighted by Crippen LogP contribution is 2.38. The molecule has 1 fully saturated rings. The summed E-state index contributed by atoms with van der Waals surface area (Å²) in [5.41, 5.74) is 3.29. The molecule has 0 radical (unpaired) electrons. The first-order chi connectivity index (χ1) is 22.5. The van der Waals surface area contributed by atoms with Crippen LogP contribution in [0.3, 0.4) is 0 Å². The predicted molar refractivity (Wildman–Crippen MR) is 181 cm³/mol. The van der Waals surface area contributed by atoms with Crippen LogP contribution < -0.4 is 20.3 Å². The molecule has 6 rings (SSSR count). The molecule has 3 N–H and O–H groups in total. The van der Waals surface area contributed by atoms with Gasteiger partial charge in [0.1, 0.15) is 17.9 Å². The highest BCUT2D eigenvalue weighted by atomic mass is 35.5. The van der Waals surface area contributed by atoms with Gasteiger partial charge in [0.2, 0.25) is 17.7 Å². The summed E-state index contributed by atoms with van der Waals surface area (Å²) < 4.78 is 29.7. The lowest BCUT2D eigenvalue weighted by molar-refractivity contribution is -0.135. The smallest absolute Gasteiger partial charge is 0.265 e. The average Bonchev–Trinajstić information content (AvgIpc) is 3.78. The summed E-state index contributed by atoms with van der Waals surface area (Å²) in [6.45, 7) is 6.05. The molecule has 0 spiro atoms. The second-order valence-corrected chi connectivity index (χ2v) is 14.3. The van der Waals surface area contributed by atoms with E-state index in [1.54, 1.807) is 49.1 Å². The van der Waals surface area contributed by atoms with Gasteiger partial charge in [0, 0.05) is 36.6 Å². The number of anilines is 2. The third kappa shape index (κ3) is 6.70. The van der Waals surface area contributed by atoms with Crippen molar-refractivity contribution in [3.05, 3.63) is 87.9 Å². The zero-order valence-electron chi connectivity index (χ0n) is 26.3. The number of hydrogen-bond donors (Lipinski definition) is 3. The van der Waals surface area contributed by atoms with Crippen LogP contribution in [-0.2, 0) is 30.8 Å². The number of sulfonamides is 1. The highest BCUT2D eigenvalue weighted by molar-refractivity contribution is 7.93. The molecule has 3 amide bonds. The standard InChI is InChI=1S/C34H37ClN6O5S/c1-21-18-30(22(2)17-25(21)35)47(45,46)41-28-8-4-3-7-26(28)39-33(43)29(41)20-31(42)38-27(34(44)40-15-5-6-16-40)19-23-9-11-24(12-10-23)32-36-13-14-37-32/h3-4,7-12,17-18,27,29H,5-6,13-16,19-20H2,1-2H3,(H,36,37)(H,38,42)(H,39,43). The molecule has 3 aromatic carbocycles. The van der Waals surface area contributed by atoms with E-state index < -0.39 is 40.3 Å². The van der Waals surface area contributed by atoms with E-state index in [1.807, 2.05) is 24.3 Å². The van der Waals surface area contributed by atoms with Gasteiger partial charge in [-0.05, 0) is 67.6 Å². The van der Waals surface area contributed by atoms with Crippen molar-refractivity contribution < 1.29 is 22.8 Å². The number of benzene rings is 3. The van der Waals surface area contributed by atoms with Crippen LogP contribution in [0, 0.1) is 13.8 Å². The van der Waals surface area contributed by atoms with Crippen molar-refractivity contribution in [1.29, 1.82) is 0 Å². The first kappa shape index (κ1) is 32.5. The van der Waals surface area contributed by atoms with E-state index in [0.29, 0.717) is 34.9 Å². The molecule has 13 heteroatoms. The van der Waals surface area contributed by atoms with Crippen molar-refractivity contribution in [3.63, 3.8) is 0 Å². The predicted octanol–water partition coefficient (Wildman–Crippen LogP) is 3.56. The lowest BCUT2D eigenvalue weighted by atomic mass is 10.0. The molecular weight excluding hydrogens is 640 g/mol. The molecule has 0 bridgehead atoms. The third-order valence-corrected chi connectivity index (χ3v) is 11.1. The minimum atomic E-state index is -4.35. The molecule has 11 nitrogen and oxygen atoms in total. The fraction of sp³-hybridized carbons (Fsp3) is 0.353. The zero-order valence-corrected chi connectivity index (χ0v) is 27.8. The van der Waals surface area contributed by atoms with Crippen LogP contribution in [0.15, 0.2) is 70.6 Å². The number of carbonyl (C=O) groups is 3. The molecule has 0 aromatic heterocycles. The van der Waals surface area contributed by atoms with Gasteiger partial charge in [0.25, 0.3) is 10.0 Å². The topological polar surface area (TPSA) is 140 Å². The summed E-state index contributed by atoms with van der Waals surface area (Å²) in [6.07, 6.45) is 1.49. The fourth-order valence-corrected chi connectivity index (χ4v) is 8.43. The lowest BCUT2D eigenvalue weighted by Gasteiger charge is -2.37. The Morgan fingerprint density at radius 1 is 1.04 bits per heavy atom. The van der Waals surface area contributed by atoms with Crippen molar-refractivity contribution in [2.24, 2.45) is 4.99 Å². The summed E-state index contributed by atoms with van der Waals surface area (Å²) in [7, 11) is -4.35. The van der Waals surface area contributed by atoms with Crippen LogP contribution in [0.5, 0.6) is 0 Å². The SMILES string of the molecule is Cc1cc(S(=O)(=O)N2c3ccccc3NC(=O)C2CC(=O)NC(Cc2ccc(C3=NCCN3)cc2)C(=O)N2CCCC2)c(C)cc1Cl. The molecule has 3 aliphatic heterocycles. The lowest BCUT2D eigenvalue weighted by Crippen LogP contribution is -2.55. The molecule has 3 heterocycles. The normalized spacial score (nSPS) is 18.2. The van der Waals surface area contributed by atoms with Gasteiger partial charge < -0.3 is 20.9 Å². The van der Waals surface area contributed by atoms with Crippen LogP contribution in [0.25, 0.3) is 0 Å². The number of nitrogens with one attached hydrogen (secondary N) is 3. The van der Waals surface area contributed by atoms with Crippen LogP contribution in [0.4, 0.5) is 11.4 Å². The number of aryl methyl sites for hydroxylation is 2. The van der Waals surface area contributed by atoms with Crippen molar-refractivity contribution in [1.82, 2.24) is 15.5 Å². The van der Waals surface area contributed by atoms with Gasteiger partial charge >= 0.3 is 0 Å². The number of likely N-dealkylation sites (tertiary alicyclic amines) is 1. The van der Waals surface area contributed by atoms with Crippen LogP contribution in [0.2, 0.25) is 5.02 Å². The van der Waals surface area contributed by atoms with E-state index >= 15 is 0 Å². The van der Waals surface area contributed by atoms with Gasteiger partial charge in [-0.3, -0.25) is 23.7 Å². The van der Waals surface area contributed by atoms with E-state index in [-0.39, 0.29) is 22.9 Å². The van der Waals surface area contributed by atoms with E-state index in [9.17, 15) is 22.8 Å². The maximum absolute atomic E-state index is 14.3. The number of hydrogen-bond acceptors (Lipinski definition) is 7. The Labute approximate surface area is 279 Å². The van der Waals surface area contributed by atoms with Gasteiger partial charge in [-0.15, -0.1) is 0 Å². The monoisotopic (exact) mass is 676 g/mol. The first-order valence-corrected chi connectivity index (χ1v) is 17.5. The average molecular weight is 677 g/mol. The first-order valence-electron chi connectivity index (χ1n) is 15.7. The van der Waals surface area contributed by atoms with Crippen molar-refractivity contribution in [2.45, 2.75) is 56.5 Å². The van der Waals surface area contributed by atoms with Crippen molar-refractivity contribution in [3.8, 4) is 0 Å². The maximum atomic E-state index is 14.3. The Hall–Kier alpha value is -4.42. The minimum absolute atomic E-state index is 0.0152. The fourth-order valence-electron chi connectivity index (χ4n) is 6.29. The summed E-state index contributed by atoms with van der Waals surface area (Å²) in [4.78, 5) is 47.2. The Morgan fingerprint density at radius 2 is 1.77 bits per heavy atom. The number of halogens is 1. The highest BCUT2D eigenvalue weighted by Gasteiger charge is 2.43. The largest absolute Gasteiger partial charge is 0.368 e. The number of amides is 3. The molecule has 2 atom stereocenters. The number of amidine groups is 1. The molecule has 1 saturated heterocycles. The summed E-state index contributed by atoms with van der Waals surface area (Å²) in [5.74, 6) is -0.651. The molecular formula is C34H37ClN6O5S. The van der Waals surface area contributed by atoms with Gasteiger partial charge in [0.05, 0.1) is 29.2 Å². The summed E-state index contributed by atoms with van der Waals surface area (Å²) in [5, 5.41) is 9.28. The van der Waals surface area contributed by atoms with E-state index in [0.717, 1.165) is 47.2 Å². The van der Waals surface area contributed by atoms with Crippen LogP contribution >= 0.6 is 11.6 Å². The van der Waals surface area contributed by atoms with Gasteiger partial charge in [0.15, 0.2) is 0 Å². The van der Waals surface area contributed by atoms with Crippen molar-refractivity contribution >= 4 is 56.6 Å². The van der Waals surface area contributed by atoms with E-state index in [2.05, 4.69) is 20.9 Å². The molecule has 0 aliphatic carbocycles. The number of fused-ring (bicyclic) bond motifs is 1. The molecule has 0 saturated carbocycles. The Kier molecular flexibility index (Phi) is 9.25. The number of aliphatic imine (C=N–C) groups is 1. The summed E-state index contributed by atoms with van der Waals surface area (Å²) >= 11 is 6.28. The maximum Gasteiger partial charge on any atom is 0.265 e. The Bertz CT molecular complexity index is 1860. The molecule has 3 aromatic rings. The van der Waals surface area contributed by atoms with Crippen LogP contribution in [0.1, 0.15) is 41.5 Å². The van der Waals surface area contributed by atoms with Gasteiger partial charge in [-0.2, -0.15) is 0 Å². The van der Waals surface area contributed by atoms with E-state index in [4.69, 9.17) is 11.6 Å². The number of rotatable bonds is 9. The Morgan fingerprint density at radius 3 is 2.47 bits per heavy atom. The second-order valence-electron chi connectivity index (χ2n) is 12.1. The molecule has 2 unspecified atom stereocenters. The third-order valence-electron chi connectivity index (χ3n) is 8.75. The molecule has 47 heavy (non-hydrogen) atoms. The summed E-state index contributed by atoms with van der Waals surface area (Å²) in [6, 6.07) is 15.0. The zero-order chi connectivity index (χ0) is 33.3. The number of carbonyl (C=O) groups excluding carboxylic acids is 3. The molecule has 246 valence electrons. The quantitative estimate of drug-likeness (QED) is 0.317. The van der Waals surface area contributed by atoms with Gasteiger partial charge in [-0.1, -0.05) is 48.0 Å². The number of nitrogens with zero attached hydrogens (tertiary/aromatic N) is 3. The van der Waals surface area contributed by atoms with Crippen molar-refractivity contribution in [2.75, 3.05) is 35.8 Å².